The molecule has 10 heteroatoms. The summed E-state index contributed by atoms with van der Waals surface area (Å²) >= 11 is 6.27. The summed E-state index contributed by atoms with van der Waals surface area (Å²) in [7, 11) is -2.09. The summed E-state index contributed by atoms with van der Waals surface area (Å²) in [5.74, 6) is 0.0649. The molecule has 34 heavy (non-hydrogen) atoms. The van der Waals surface area contributed by atoms with Gasteiger partial charge in [0.1, 0.15) is 6.29 Å². The maximum atomic E-state index is 13.5. The fraction of sp³-hybridized carbons (Fsp3) is 0.375. The lowest BCUT2D eigenvalue weighted by atomic mass is 10.0. The number of hydrogen-bond donors (Lipinski definition) is 1. The van der Waals surface area contributed by atoms with Gasteiger partial charge in [-0.3, -0.25) is 9.20 Å². The van der Waals surface area contributed by atoms with Crippen LogP contribution in [0, 0.1) is 0 Å². The van der Waals surface area contributed by atoms with E-state index < -0.39 is 25.4 Å². The molecule has 0 unspecified atom stereocenters. The number of anilines is 1. The Morgan fingerprint density at radius 1 is 1.18 bits per heavy atom. The Morgan fingerprint density at radius 3 is 2.38 bits per heavy atom. The lowest BCUT2D eigenvalue weighted by molar-refractivity contribution is -0.137. The van der Waals surface area contributed by atoms with Crippen molar-refractivity contribution in [3.63, 3.8) is 0 Å². The Morgan fingerprint density at radius 2 is 1.82 bits per heavy atom. The number of aldehydes is 1. The molecule has 1 aromatic carbocycles. The first-order valence-corrected chi connectivity index (χ1v) is 14.2. The number of nitrogens with zero attached hydrogens (tertiary/aromatic N) is 2. The van der Waals surface area contributed by atoms with Gasteiger partial charge in [-0.2, -0.15) is 18.2 Å². The zero-order valence-corrected chi connectivity index (χ0v) is 21.4. The van der Waals surface area contributed by atoms with E-state index in [9.17, 15) is 22.8 Å². The van der Waals surface area contributed by atoms with E-state index in [4.69, 9.17) is 11.6 Å². The molecule has 5 nitrogen and oxygen atoms in total. The van der Waals surface area contributed by atoms with Gasteiger partial charge in [-0.25, -0.2) is 0 Å². The topological polar surface area (TPSA) is 63.5 Å². The Kier molecular flexibility index (Phi) is 7.01. The minimum Gasteiger partial charge on any atom is -0.355 e. The summed E-state index contributed by atoms with van der Waals surface area (Å²) in [6.07, 6.45) is -2.47. The third kappa shape index (κ3) is 4.90. The predicted molar refractivity (Wildman–Crippen MR) is 132 cm³/mol. The zero-order valence-electron chi connectivity index (χ0n) is 19.6. The maximum absolute atomic E-state index is 13.5. The van der Waals surface area contributed by atoms with Gasteiger partial charge >= 0.3 is 6.18 Å². The zero-order chi connectivity index (χ0) is 25.5. The molecule has 2 aromatic heterocycles. The molecular weight excluding hydrogens is 483 g/mol. The number of pyridine rings is 1. The van der Waals surface area contributed by atoms with E-state index in [1.54, 1.807) is 24.3 Å². The van der Waals surface area contributed by atoms with Crippen molar-refractivity contribution in [3.05, 3.63) is 63.5 Å². The number of rotatable bonds is 6. The van der Waals surface area contributed by atoms with Crippen LogP contribution in [0.5, 0.6) is 0 Å². The van der Waals surface area contributed by atoms with Crippen LogP contribution in [0.25, 0.3) is 16.6 Å². The predicted octanol–water partition coefficient (Wildman–Crippen LogP) is 6.52. The highest BCUT2D eigenvalue weighted by Gasteiger charge is 2.42. The van der Waals surface area contributed by atoms with Gasteiger partial charge in [0.05, 0.1) is 24.7 Å². The molecule has 0 saturated carbocycles. The molecule has 3 rings (SSSR count). The van der Waals surface area contributed by atoms with Crippen LogP contribution in [-0.2, 0) is 11.0 Å². The third-order valence-corrected chi connectivity index (χ3v) is 13.2. The van der Waals surface area contributed by atoms with Gasteiger partial charge in [0, 0.05) is 28.9 Å². The lowest BCUT2D eigenvalue weighted by Crippen LogP contribution is -2.45. The Balaban J connectivity index is 2.18. The SMILES string of the molecule is CC(C)(C)[Si](C)(C)[C@H](C=O)CNc1nc(=O)c(-c2ccccc2Cl)c2cc(C(F)(F)F)ccn12. The molecule has 0 saturated heterocycles. The highest BCUT2D eigenvalue weighted by molar-refractivity contribution is 6.83. The summed E-state index contributed by atoms with van der Waals surface area (Å²) in [5, 5.41) is 3.21. The van der Waals surface area contributed by atoms with Crippen molar-refractivity contribution in [2.75, 3.05) is 11.9 Å². The highest BCUT2D eigenvalue weighted by atomic mass is 35.5. The van der Waals surface area contributed by atoms with E-state index in [0.29, 0.717) is 0 Å². The van der Waals surface area contributed by atoms with Crippen LogP contribution in [-0.4, -0.2) is 30.3 Å². The van der Waals surface area contributed by atoms with Gasteiger partial charge in [0.25, 0.3) is 5.56 Å². The first-order valence-electron chi connectivity index (χ1n) is 10.8. The molecule has 3 aromatic rings. The standard InChI is InChI=1S/C24H27ClF3N3O2Si/c1-23(2,3)34(4,5)16(14-32)13-29-22-30-21(33)20(17-8-6-7-9-18(17)25)19-12-15(24(26,27)28)10-11-31(19)22/h6-12,14,16H,13H2,1-5H3,(H,29,30,33)/t16-/m0/s1. The fourth-order valence-corrected chi connectivity index (χ4v) is 5.94. The molecule has 0 aliphatic rings. The van der Waals surface area contributed by atoms with E-state index in [1.165, 1.54) is 10.6 Å². The van der Waals surface area contributed by atoms with Crippen LogP contribution < -0.4 is 10.9 Å². The number of benzene rings is 1. The third-order valence-electron chi connectivity index (χ3n) is 6.84. The van der Waals surface area contributed by atoms with Crippen molar-refractivity contribution in [2.24, 2.45) is 0 Å². The molecule has 0 spiro atoms. The largest absolute Gasteiger partial charge is 0.416 e. The molecule has 1 atom stereocenters. The first kappa shape index (κ1) is 26.0. The number of fused-ring (bicyclic) bond motifs is 1. The Labute approximate surface area is 202 Å². The maximum Gasteiger partial charge on any atom is 0.416 e. The molecule has 0 aliphatic carbocycles. The molecular formula is C24H27ClF3N3O2Si. The van der Waals surface area contributed by atoms with Crippen LogP contribution >= 0.6 is 11.6 Å². The second kappa shape index (κ2) is 9.18. The van der Waals surface area contributed by atoms with Gasteiger partial charge < -0.3 is 10.1 Å². The molecule has 182 valence electrons. The van der Waals surface area contributed by atoms with Crippen molar-refractivity contribution in [2.45, 2.75) is 50.6 Å². The summed E-state index contributed by atoms with van der Waals surface area (Å²) in [5.41, 5.74) is -1.65. The number of nitrogens with one attached hydrogen (secondary N) is 1. The quantitative estimate of drug-likeness (QED) is 0.303. The molecule has 0 fully saturated rings. The van der Waals surface area contributed by atoms with E-state index in [0.717, 1.165) is 18.4 Å². The Hall–Kier alpha value is -2.65. The Bertz CT molecular complexity index is 1280. The number of halogens is 4. The van der Waals surface area contributed by atoms with E-state index >= 15 is 0 Å². The van der Waals surface area contributed by atoms with Gasteiger partial charge in [-0.05, 0) is 23.2 Å². The van der Waals surface area contributed by atoms with Crippen LogP contribution in [0.4, 0.5) is 19.1 Å². The van der Waals surface area contributed by atoms with Crippen LogP contribution in [0.1, 0.15) is 26.3 Å². The minimum absolute atomic E-state index is 0.0143. The van der Waals surface area contributed by atoms with Crippen LogP contribution in [0.3, 0.4) is 0 Å². The van der Waals surface area contributed by atoms with Gasteiger partial charge in [-0.1, -0.05) is 63.7 Å². The first-order chi connectivity index (χ1) is 15.7. The van der Waals surface area contributed by atoms with Crippen molar-refractivity contribution in [1.29, 1.82) is 0 Å². The molecule has 0 bridgehead atoms. The number of carbonyl (C=O) groups is 1. The summed E-state index contributed by atoms with van der Waals surface area (Å²) in [6.45, 7) is 10.7. The molecule has 0 amide bonds. The summed E-state index contributed by atoms with van der Waals surface area (Å²) < 4.78 is 41.9. The van der Waals surface area contributed by atoms with E-state index in [1.807, 2.05) is 0 Å². The van der Waals surface area contributed by atoms with E-state index in [-0.39, 0.29) is 44.7 Å². The van der Waals surface area contributed by atoms with Crippen molar-refractivity contribution in [1.82, 2.24) is 9.38 Å². The van der Waals surface area contributed by atoms with Crippen molar-refractivity contribution >= 4 is 37.4 Å². The second-order valence-corrected chi connectivity index (χ2v) is 16.0. The number of aromatic nitrogens is 2. The second-order valence-electron chi connectivity index (χ2n) is 9.86. The molecule has 0 aliphatic heterocycles. The lowest BCUT2D eigenvalue weighted by Gasteiger charge is -2.41. The number of hydrogen-bond acceptors (Lipinski definition) is 4. The van der Waals surface area contributed by atoms with Gasteiger partial charge in [-0.15, -0.1) is 0 Å². The monoisotopic (exact) mass is 509 g/mol. The molecule has 1 N–H and O–H groups in total. The average molecular weight is 510 g/mol. The highest BCUT2D eigenvalue weighted by Crippen LogP contribution is 2.42. The average Bonchev–Trinajstić information content (AvgIpc) is 2.73. The minimum atomic E-state index is -4.60. The summed E-state index contributed by atoms with van der Waals surface area (Å²) in [6, 6.07) is 8.26. The summed E-state index contributed by atoms with van der Waals surface area (Å²) in [4.78, 5) is 29.1. The normalized spacial score (nSPS) is 13.7. The van der Waals surface area contributed by atoms with Crippen molar-refractivity contribution < 1.29 is 18.0 Å². The molecule has 2 heterocycles. The van der Waals surface area contributed by atoms with Gasteiger partial charge in [0.15, 0.2) is 0 Å². The molecule has 0 radical (unpaired) electrons. The fourth-order valence-electron chi connectivity index (χ4n) is 3.64. The van der Waals surface area contributed by atoms with Crippen LogP contribution in [0.15, 0.2) is 47.4 Å². The smallest absolute Gasteiger partial charge is 0.355 e. The number of alkyl halides is 3. The van der Waals surface area contributed by atoms with E-state index in [2.05, 4.69) is 44.2 Å². The van der Waals surface area contributed by atoms with Gasteiger partial charge in [0.2, 0.25) is 5.95 Å². The number of carbonyl (C=O) groups excluding carboxylic acids is 1. The van der Waals surface area contributed by atoms with Crippen molar-refractivity contribution in [3.8, 4) is 11.1 Å². The van der Waals surface area contributed by atoms with Crippen LogP contribution in [0.2, 0.25) is 28.7 Å².